The maximum atomic E-state index is 12.3. The number of hydrogen-bond acceptors (Lipinski definition) is 4. The molecular formula is C15H21ClN6O2. The molecule has 0 saturated carbocycles. The van der Waals surface area contributed by atoms with E-state index in [0.29, 0.717) is 29.5 Å². The summed E-state index contributed by atoms with van der Waals surface area (Å²) in [5.41, 5.74) is 1.59. The van der Waals surface area contributed by atoms with E-state index in [1.54, 1.807) is 29.7 Å². The summed E-state index contributed by atoms with van der Waals surface area (Å²) < 4.78 is 3.23. The van der Waals surface area contributed by atoms with Crippen LogP contribution in [0.3, 0.4) is 0 Å². The van der Waals surface area contributed by atoms with Crippen LogP contribution in [-0.4, -0.2) is 50.4 Å². The molecule has 0 unspecified atom stereocenters. The topological polar surface area (TPSA) is 85.0 Å². The first-order chi connectivity index (χ1) is 11.3. The molecule has 2 aromatic heterocycles. The Labute approximate surface area is 145 Å². The summed E-state index contributed by atoms with van der Waals surface area (Å²) in [6.07, 6.45) is 3.26. The SMILES string of the molecule is CCn1ncc(NC(=O)CCn2ncc(Cl)c2C)c1C(=O)N(C)C. The minimum absolute atomic E-state index is 0.209. The molecule has 130 valence electrons. The van der Waals surface area contributed by atoms with Crippen LogP contribution in [0.1, 0.15) is 29.5 Å². The Morgan fingerprint density at radius 1 is 1.25 bits per heavy atom. The van der Waals surface area contributed by atoms with Gasteiger partial charge >= 0.3 is 0 Å². The van der Waals surface area contributed by atoms with E-state index in [1.807, 2.05) is 13.8 Å². The first-order valence-corrected chi connectivity index (χ1v) is 7.98. The summed E-state index contributed by atoms with van der Waals surface area (Å²) in [6, 6.07) is 0. The summed E-state index contributed by atoms with van der Waals surface area (Å²) in [4.78, 5) is 26.0. The first-order valence-electron chi connectivity index (χ1n) is 7.60. The predicted octanol–water partition coefficient (Wildman–Crippen LogP) is 1.79. The lowest BCUT2D eigenvalue weighted by Crippen LogP contribution is -2.26. The Morgan fingerprint density at radius 2 is 1.92 bits per heavy atom. The number of nitrogens with one attached hydrogen (secondary N) is 1. The van der Waals surface area contributed by atoms with Crippen LogP contribution in [-0.2, 0) is 17.9 Å². The number of carbonyl (C=O) groups excluding carboxylic acids is 2. The van der Waals surface area contributed by atoms with Gasteiger partial charge in [-0.05, 0) is 13.8 Å². The van der Waals surface area contributed by atoms with Crippen molar-refractivity contribution in [1.29, 1.82) is 0 Å². The smallest absolute Gasteiger partial charge is 0.273 e. The lowest BCUT2D eigenvalue weighted by Gasteiger charge is -2.13. The molecule has 0 aliphatic carbocycles. The second-order valence-corrected chi connectivity index (χ2v) is 5.93. The van der Waals surface area contributed by atoms with E-state index >= 15 is 0 Å². The van der Waals surface area contributed by atoms with Gasteiger partial charge in [0.1, 0.15) is 5.69 Å². The van der Waals surface area contributed by atoms with E-state index in [1.165, 1.54) is 11.1 Å². The van der Waals surface area contributed by atoms with Crippen molar-refractivity contribution in [2.75, 3.05) is 19.4 Å². The van der Waals surface area contributed by atoms with Crippen LogP contribution in [0.25, 0.3) is 0 Å². The second-order valence-electron chi connectivity index (χ2n) is 5.52. The number of aromatic nitrogens is 4. The quantitative estimate of drug-likeness (QED) is 0.858. The van der Waals surface area contributed by atoms with Crippen LogP contribution < -0.4 is 5.32 Å². The second kappa shape index (κ2) is 7.48. The molecule has 2 amide bonds. The normalized spacial score (nSPS) is 10.7. The van der Waals surface area contributed by atoms with E-state index in [9.17, 15) is 9.59 Å². The van der Waals surface area contributed by atoms with Gasteiger partial charge < -0.3 is 10.2 Å². The Hall–Kier alpha value is -2.35. The van der Waals surface area contributed by atoms with Gasteiger partial charge in [0, 0.05) is 27.1 Å². The van der Waals surface area contributed by atoms with Gasteiger partial charge in [0.2, 0.25) is 5.91 Å². The van der Waals surface area contributed by atoms with Crippen molar-refractivity contribution in [3.8, 4) is 0 Å². The van der Waals surface area contributed by atoms with Crippen LogP contribution >= 0.6 is 11.6 Å². The van der Waals surface area contributed by atoms with Gasteiger partial charge in [-0.15, -0.1) is 0 Å². The molecule has 9 heteroatoms. The predicted molar refractivity (Wildman–Crippen MR) is 91.1 cm³/mol. The number of carbonyl (C=O) groups is 2. The number of halogens is 1. The lowest BCUT2D eigenvalue weighted by atomic mass is 10.3. The fraction of sp³-hybridized carbons (Fsp3) is 0.467. The van der Waals surface area contributed by atoms with E-state index in [4.69, 9.17) is 11.6 Å². The van der Waals surface area contributed by atoms with Crippen molar-refractivity contribution in [1.82, 2.24) is 24.5 Å². The molecule has 1 N–H and O–H groups in total. The highest BCUT2D eigenvalue weighted by molar-refractivity contribution is 6.31. The van der Waals surface area contributed by atoms with Crippen LogP contribution in [0.2, 0.25) is 5.02 Å². The van der Waals surface area contributed by atoms with Crippen LogP contribution in [0.15, 0.2) is 12.4 Å². The highest BCUT2D eigenvalue weighted by Gasteiger charge is 2.21. The Balaban J connectivity index is 2.07. The highest BCUT2D eigenvalue weighted by atomic mass is 35.5. The summed E-state index contributed by atoms with van der Waals surface area (Å²) in [5.74, 6) is -0.427. The Kier molecular flexibility index (Phi) is 5.61. The maximum Gasteiger partial charge on any atom is 0.273 e. The van der Waals surface area contributed by atoms with E-state index in [2.05, 4.69) is 15.5 Å². The summed E-state index contributed by atoms with van der Waals surface area (Å²) in [6.45, 7) is 4.67. The third-order valence-corrected chi connectivity index (χ3v) is 3.99. The number of rotatable bonds is 6. The molecule has 2 rings (SSSR count). The number of anilines is 1. The average Bonchev–Trinajstić information content (AvgIpc) is 3.09. The lowest BCUT2D eigenvalue weighted by molar-refractivity contribution is -0.116. The van der Waals surface area contributed by atoms with Gasteiger partial charge in [0.05, 0.1) is 35.3 Å². The number of hydrogen-bond donors (Lipinski definition) is 1. The summed E-state index contributed by atoms with van der Waals surface area (Å²) >= 11 is 5.94. The Morgan fingerprint density at radius 3 is 2.46 bits per heavy atom. The van der Waals surface area contributed by atoms with Crippen LogP contribution in [0.5, 0.6) is 0 Å². The van der Waals surface area contributed by atoms with Crippen molar-refractivity contribution < 1.29 is 9.59 Å². The number of amides is 2. The van der Waals surface area contributed by atoms with E-state index in [-0.39, 0.29) is 18.2 Å². The molecule has 24 heavy (non-hydrogen) atoms. The Bertz CT molecular complexity index is 749. The summed E-state index contributed by atoms with van der Waals surface area (Å²) in [7, 11) is 3.32. The molecule has 0 bridgehead atoms. The van der Waals surface area contributed by atoms with Crippen molar-refractivity contribution in [3.63, 3.8) is 0 Å². The molecule has 0 aromatic carbocycles. The molecular weight excluding hydrogens is 332 g/mol. The molecule has 8 nitrogen and oxygen atoms in total. The van der Waals surface area contributed by atoms with Gasteiger partial charge in [-0.25, -0.2) is 0 Å². The van der Waals surface area contributed by atoms with E-state index < -0.39 is 0 Å². The van der Waals surface area contributed by atoms with E-state index in [0.717, 1.165) is 5.69 Å². The molecule has 2 aromatic rings. The molecule has 0 saturated heterocycles. The van der Waals surface area contributed by atoms with Gasteiger partial charge in [-0.1, -0.05) is 11.6 Å². The van der Waals surface area contributed by atoms with Crippen molar-refractivity contribution in [2.45, 2.75) is 33.4 Å². The van der Waals surface area contributed by atoms with Gasteiger partial charge in [-0.2, -0.15) is 10.2 Å². The fourth-order valence-electron chi connectivity index (χ4n) is 2.22. The monoisotopic (exact) mass is 352 g/mol. The zero-order valence-corrected chi connectivity index (χ0v) is 15.0. The molecule has 0 aliphatic heterocycles. The third-order valence-electron chi connectivity index (χ3n) is 3.62. The fourth-order valence-corrected chi connectivity index (χ4v) is 2.36. The molecule has 0 aliphatic rings. The minimum atomic E-state index is -0.218. The standard InChI is InChI=1S/C15H21ClN6O2/c1-5-21-14(15(24)20(3)4)12(9-18-21)19-13(23)6-7-22-10(2)11(16)8-17-22/h8-9H,5-7H2,1-4H3,(H,19,23). The minimum Gasteiger partial charge on any atom is -0.343 e. The largest absolute Gasteiger partial charge is 0.343 e. The molecule has 0 spiro atoms. The average molecular weight is 353 g/mol. The van der Waals surface area contributed by atoms with Crippen molar-refractivity contribution in [2.24, 2.45) is 0 Å². The van der Waals surface area contributed by atoms with Crippen LogP contribution in [0.4, 0.5) is 5.69 Å². The molecule has 0 radical (unpaired) electrons. The van der Waals surface area contributed by atoms with Gasteiger partial charge in [0.15, 0.2) is 0 Å². The molecule has 2 heterocycles. The van der Waals surface area contributed by atoms with Gasteiger partial charge in [-0.3, -0.25) is 19.0 Å². The zero-order chi connectivity index (χ0) is 17.9. The number of aryl methyl sites for hydroxylation is 2. The molecule has 0 fully saturated rings. The third kappa shape index (κ3) is 3.76. The number of nitrogens with zero attached hydrogens (tertiary/aromatic N) is 5. The molecule has 0 atom stereocenters. The van der Waals surface area contributed by atoms with Gasteiger partial charge in [0.25, 0.3) is 5.91 Å². The first kappa shape index (κ1) is 18.0. The summed E-state index contributed by atoms with van der Waals surface area (Å²) in [5, 5.41) is 11.6. The van der Waals surface area contributed by atoms with Crippen LogP contribution in [0, 0.1) is 6.92 Å². The van der Waals surface area contributed by atoms with Crippen molar-refractivity contribution >= 4 is 29.1 Å². The zero-order valence-electron chi connectivity index (χ0n) is 14.2. The maximum absolute atomic E-state index is 12.3. The highest BCUT2D eigenvalue weighted by Crippen LogP contribution is 2.18. The van der Waals surface area contributed by atoms with Crippen molar-refractivity contribution in [3.05, 3.63) is 28.8 Å².